The van der Waals surface area contributed by atoms with Crippen molar-refractivity contribution in [1.29, 1.82) is 0 Å². The fourth-order valence-corrected chi connectivity index (χ4v) is 3.00. The van der Waals surface area contributed by atoms with Crippen LogP contribution in [0.5, 0.6) is 0 Å². The van der Waals surface area contributed by atoms with Gasteiger partial charge in [-0.05, 0) is 31.4 Å². The molecule has 0 amide bonds. The summed E-state index contributed by atoms with van der Waals surface area (Å²) in [5.74, 6) is 0. The molecule has 0 aliphatic heterocycles. The summed E-state index contributed by atoms with van der Waals surface area (Å²) < 4.78 is 7.56. The molecule has 6 heteroatoms. The van der Waals surface area contributed by atoms with Gasteiger partial charge in [0.15, 0.2) is 0 Å². The van der Waals surface area contributed by atoms with Gasteiger partial charge in [-0.2, -0.15) is 5.10 Å². The maximum absolute atomic E-state index is 9.87. The summed E-state index contributed by atoms with van der Waals surface area (Å²) in [5.41, 5.74) is 2.28. The van der Waals surface area contributed by atoms with Crippen LogP contribution in [0, 0.1) is 13.8 Å². The molecule has 2 rings (SSSR count). The number of thiophene rings is 1. The van der Waals surface area contributed by atoms with Gasteiger partial charge in [0.25, 0.3) is 0 Å². The van der Waals surface area contributed by atoms with E-state index in [4.69, 9.17) is 4.74 Å². The summed E-state index contributed by atoms with van der Waals surface area (Å²) in [4.78, 5) is 1.20. The van der Waals surface area contributed by atoms with Crippen molar-refractivity contribution < 1.29 is 15.2 Å². The summed E-state index contributed by atoms with van der Waals surface area (Å²) in [7, 11) is 0. The maximum Gasteiger partial charge on any atom is 0.126 e. The zero-order valence-corrected chi connectivity index (χ0v) is 14.2. The highest BCUT2D eigenvalue weighted by atomic mass is 32.1. The predicted octanol–water partition coefficient (Wildman–Crippen LogP) is 1.09. The lowest BCUT2D eigenvalue weighted by molar-refractivity contribution is -0.661. The van der Waals surface area contributed by atoms with E-state index in [1.807, 2.05) is 29.1 Å². The molecule has 0 aliphatic carbocycles. The summed E-state index contributed by atoms with van der Waals surface area (Å²) in [6, 6.07) is 6.15. The van der Waals surface area contributed by atoms with Gasteiger partial charge in [0.1, 0.15) is 12.6 Å². The Hall–Kier alpha value is -1.21. The number of aliphatic hydroxyl groups is 1. The number of aliphatic hydroxyl groups excluding tert-OH is 1. The summed E-state index contributed by atoms with van der Waals surface area (Å²) >= 11 is 1.68. The van der Waals surface area contributed by atoms with Crippen molar-refractivity contribution in [1.82, 2.24) is 9.78 Å². The number of ether oxygens (including phenoxy) is 1. The van der Waals surface area contributed by atoms with E-state index in [9.17, 15) is 5.11 Å². The second-order valence-corrected chi connectivity index (χ2v) is 6.60. The summed E-state index contributed by atoms with van der Waals surface area (Å²) in [6.45, 7) is 7.68. The van der Waals surface area contributed by atoms with Crippen LogP contribution in [0.15, 0.2) is 23.6 Å². The van der Waals surface area contributed by atoms with Crippen LogP contribution in [0.4, 0.5) is 0 Å². The molecule has 0 aliphatic rings. The Balaban J connectivity index is 1.50. The molecule has 0 radical (unpaired) electrons. The summed E-state index contributed by atoms with van der Waals surface area (Å²) in [5, 5.41) is 18.5. The van der Waals surface area contributed by atoms with Crippen molar-refractivity contribution >= 4 is 11.3 Å². The lowest BCUT2D eigenvalue weighted by atomic mass is 10.3. The lowest BCUT2D eigenvalue weighted by Crippen LogP contribution is -2.86. The van der Waals surface area contributed by atoms with Crippen LogP contribution in [0.1, 0.15) is 22.7 Å². The van der Waals surface area contributed by atoms with Gasteiger partial charge in [-0.15, -0.1) is 11.3 Å². The average Bonchev–Trinajstić information content (AvgIpc) is 3.09. The number of aromatic nitrogens is 2. The van der Waals surface area contributed by atoms with Crippen LogP contribution in [-0.4, -0.2) is 40.7 Å². The van der Waals surface area contributed by atoms with Gasteiger partial charge in [0, 0.05) is 23.5 Å². The van der Waals surface area contributed by atoms with Crippen molar-refractivity contribution in [2.75, 3.05) is 19.7 Å². The molecular formula is C16H26N3O2S+. The Morgan fingerprint density at radius 2 is 2.32 bits per heavy atom. The van der Waals surface area contributed by atoms with E-state index in [0.29, 0.717) is 19.8 Å². The largest absolute Gasteiger partial charge is 0.385 e. The first-order chi connectivity index (χ1) is 10.6. The molecule has 22 heavy (non-hydrogen) atoms. The van der Waals surface area contributed by atoms with Crippen molar-refractivity contribution in [3.8, 4) is 0 Å². The van der Waals surface area contributed by atoms with Gasteiger partial charge in [0.05, 0.1) is 25.5 Å². The molecule has 0 aromatic carbocycles. The molecule has 0 saturated heterocycles. The zero-order chi connectivity index (χ0) is 15.8. The fraction of sp³-hybridized carbons (Fsp3) is 0.562. The SMILES string of the molecule is Cc1cc(C)n(CCC[NH2+]C[C@H](O)COCc2cccs2)n1. The molecular weight excluding hydrogens is 298 g/mol. The fourth-order valence-electron chi connectivity index (χ4n) is 2.36. The van der Waals surface area contributed by atoms with Gasteiger partial charge in [-0.25, -0.2) is 0 Å². The van der Waals surface area contributed by atoms with Crippen LogP contribution >= 0.6 is 11.3 Å². The topological polar surface area (TPSA) is 63.9 Å². The highest BCUT2D eigenvalue weighted by molar-refractivity contribution is 7.09. The second-order valence-electron chi connectivity index (χ2n) is 5.57. The number of hydrogen-bond donors (Lipinski definition) is 2. The third kappa shape index (κ3) is 5.88. The molecule has 0 spiro atoms. The smallest absolute Gasteiger partial charge is 0.126 e. The van der Waals surface area contributed by atoms with E-state index >= 15 is 0 Å². The van der Waals surface area contributed by atoms with Crippen molar-refractivity contribution in [2.24, 2.45) is 0 Å². The third-order valence-corrected chi connectivity index (χ3v) is 4.30. The van der Waals surface area contributed by atoms with E-state index < -0.39 is 6.10 Å². The Labute approximate surface area is 135 Å². The molecule has 3 N–H and O–H groups in total. The van der Waals surface area contributed by atoms with E-state index in [1.165, 1.54) is 10.6 Å². The molecule has 122 valence electrons. The Bertz CT molecular complexity index is 540. The normalized spacial score (nSPS) is 12.7. The van der Waals surface area contributed by atoms with Crippen LogP contribution in [-0.2, 0) is 17.9 Å². The van der Waals surface area contributed by atoms with Gasteiger partial charge in [-0.3, -0.25) is 4.68 Å². The molecule has 0 unspecified atom stereocenters. The molecule has 0 bridgehead atoms. The first-order valence-corrected chi connectivity index (χ1v) is 8.64. The first kappa shape index (κ1) is 17.1. The quantitative estimate of drug-likeness (QED) is 0.643. The maximum atomic E-state index is 9.87. The standard InChI is InChI=1S/C16H25N3O2S/c1-13-9-14(2)19(18-13)7-4-6-17-10-15(20)11-21-12-16-5-3-8-22-16/h3,5,8-9,15,17,20H,4,6-7,10-12H2,1-2H3/p+1/t15-/m0/s1. The van der Waals surface area contributed by atoms with Crippen molar-refractivity contribution in [2.45, 2.75) is 39.5 Å². The number of quaternary nitrogens is 1. The highest BCUT2D eigenvalue weighted by Gasteiger charge is 2.07. The van der Waals surface area contributed by atoms with Crippen molar-refractivity contribution in [3.05, 3.63) is 39.8 Å². The van der Waals surface area contributed by atoms with E-state index in [-0.39, 0.29) is 0 Å². The molecule has 1 atom stereocenters. The Kier molecular flexibility index (Phi) is 7.05. The van der Waals surface area contributed by atoms with Gasteiger partial charge in [0.2, 0.25) is 0 Å². The predicted molar refractivity (Wildman–Crippen MR) is 88.0 cm³/mol. The minimum atomic E-state index is -0.409. The van der Waals surface area contributed by atoms with E-state index in [1.54, 1.807) is 11.3 Å². The van der Waals surface area contributed by atoms with Crippen LogP contribution in [0.25, 0.3) is 0 Å². The van der Waals surface area contributed by atoms with Crippen molar-refractivity contribution in [3.63, 3.8) is 0 Å². The van der Waals surface area contributed by atoms with Gasteiger partial charge in [-0.1, -0.05) is 6.07 Å². The number of hydrogen-bond acceptors (Lipinski definition) is 4. The second kappa shape index (κ2) is 9.05. The summed E-state index contributed by atoms with van der Waals surface area (Å²) in [6.07, 6.45) is 0.638. The molecule has 0 fully saturated rings. The zero-order valence-electron chi connectivity index (χ0n) is 13.4. The number of rotatable bonds is 10. The van der Waals surface area contributed by atoms with Gasteiger partial charge >= 0.3 is 0 Å². The monoisotopic (exact) mass is 324 g/mol. The molecule has 5 nitrogen and oxygen atoms in total. The molecule has 2 heterocycles. The molecule has 0 saturated carbocycles. The minimum absolute atomic E-state index is 0.395. The molecule has 2 aromatic rings. The van der Waals surface area contributed by atoms with Gasteiger partial charge < -0.3 is 15.2 Å². The van der Waals surface area contributed by atoms with E-state index in [0.717, 1.165) is 25.2 Å². The minimum Gasteiger partial charge on any atom is -0.385 e. The third-order valence-electron chi connectivity index (χ3n) is 3.45. The molecule has 2 aromatic heterocycles. The van der Waals surface area contributed by atoms with Crippen LogP contribution in [0.2, 0.25) is 0 Å². The first-order valence-electron chi connectivity index (χ1n) is 7.76. The van der Waals surface area contributed by atoms with Crippen LogP contribution in [0.3, 0.4) is 0 Å². The van der Waals surface area contributed by atoms with Crippen LogP contribution < -0.4 is 5.32 Å². The number of aryl methyl sites for hydroxylation is 3. The number of nitrogens with zero attached hydrogens (tertiary/aromatic N) is 2. The lowest BCUT2D eigenvalue weighted by Gasteiger charge is -2.10. The number of nitrogens with two attached hydrogens (primary N) is 1. The van der Waals surface area contributed by atoms with E-state index in [2.05, 4.69) is 23.4 Å². The Morgan fingerprint density at radius 3 is 3.00 bits per heavy atom. The Morgan fingerprint density at radius 1 is 1.45 bits per heavy atom. The average molecular weight is 324 g/mol. The highest BCUT2D eigenvalue weighted by Crippen LogP contribution is 2.09.